The number of rotatable bonds is 2. The first-order chi connectivity index (χ1) is 7.65. The summed E-state index contributed by atoms with van der Waals surface area (Å²) in [6, 6.07) is 6.47. The molecule has 0 radical (unpaired) electrons. The molecule has 0 aliphatic heterocycles. The first-order valence-electron chi connectivity index (χ1n) is 4.69. The lowest BCUT2D eigenvalue weighted by atomic mass is 10.1. The number of halogens is 3. The number of hydrogen-bond acceptors (Lipinski definition) is 1. The molecule has 4 heteroatoms. The van der Waals surface area contributed by atoms with Crippen LogP contribution in [-0.2, 0) is 6.42 Å². The highest BCUT2D eigenvalue weighted by Crippen LogP contribution is 2.12. The minimum absolute atomic E-state index is 0.393. The highest BCUT2D eigenvalue weighted by molar-refractivity contribution is 5.25. The van der Waals surface area contributed by atoms with Crippen LogP contribution in [0, 0.1) is 17.6 Å². The topological polar surface area (TPSA) is 12.9 Å². The van der Waals surface area contributed by atoms with Crippen LogP contribution in [0.5, 0.6) is 0 Å². The molecule has 2 aromatic rings. The van der Waals surface area contributed by atoms with E-state index in [1.807, 2.05) is 0 Å². The third-order valence-electron chi connectivity index (χ3n) is 2.18. The van der Waals surface area contributed by atoms with E-state index < -0.39 is 17.6 Å². The maximum atomic E-state index is 12.9. The Labute approximate surface area is 90.6 Å². The second-order valence-electron chi connectivity index (χ2n) is 3.41. The van der Waals surface area contributed by atoms with Crippen molar-refractivity contribution in [2.24, 2.45) is 0 Å². The van der Waals surface area contributed by atoms with Crippen LogP contribution < -0.4 is 0 Å². The Hall–Kier alpha value is -1.84. The summed E-state index contributed by atoms with van der Waals surface area (Å²) >= 11 is 0. The average Bonchev–Trinajstić information content (AvgIpc) is 2.27. The highest BCUT2D eigenvalue weighted by Gasteiger charge is 2.03. The van der Waals surface area contributed by atoms with Gasteiger partial charge in [-0.3, -0.25) is 0 Å². The van der Waals surface area contributed by atoms with Crippen molar-refractivity contribution in [2.45, 2.75) is 6.42 Å². The third-order valence-corrected chi connectivity index (χ3v) is 2.18. The molecule has 1 aromatic heterocycles. The largest absolute Gasteiger partial charge is 0.228 e. The van der Waals surface area contributed by atoms with Gasteiger partial charge in [0.25, 0.3) is 0 Å². The smallest absolute Gasteiger partial charge is 0.212 e. The van der Waals surface area contributed by atoms with Gasteiger partial charge in [0.05, 0.1) is 0 Å². The lowest BCUT2D eigenvalue weighted by molar-refractivity contribution is 0.507. The van der Waals surface area contributed by atoms with Crippen molar-refractivity contribution in [1.82, 2.24) is 4.98 Å². The van der Waals surface area contributed by atoms with Crippen molar-refractivity contribution in [3.63, 3.8) is 0 Å². The molecule has 0 amide bonds. The van der Waals surface area contributed by atoms with Crippen molar-refractivity contribution in [2.75, 3.05) is 0 Å². The SMILES string of the molecule is Fc1ccc(Cc2ccc(F)c(F)c2)cn1. The number of aromatic nitrogens is 1. The first kappa shape index (κ1) is 10.7. The van der Waals surface area contributed by atoms with Gasteiger partial charge in [-0.2, -0.15) is 4.39 Å². The Balaban J connectivity index is 2.20. The summed E-state index contributed by atoms with van der Waals surface area (Å²) in [4.78, 5) is 3.48. The van der Waals surface area contributed by atoms with Gasteiger partial charge in [0.1, 0.15) is 0 Å². The van der Waals surface area contributed by atoms with E-state index in [1.54, 1.807) is 6.07 Å². The van der Waals surface area contributed by atoms with E-state index >= 15 is 0 Å². The summed E-state index contributed by atoms with van der Waals surface area (Å²) in [7, 11) is 0. The Morgan fingerprint density at radius 3 is 2.25 bits per heavy atom. The van der Waals surface area contributed by atoms with E-state index in [2.05, 4.69) is 4.98 Å². The minimum Gasteiger partial charge on any atom is -0.228 e. The van der Waals surface area contributed by atoms with Gasteiger partial charge in [-0.05, 0) is 35.7 Å². The number of nitrogens with zero attached hydrogens (tertiary/aromatic N) is 1. The molecule has 0 aliphatic rings. The molecule has 0 bridgehead atoms. The Kier molecular flexibility index (Phi) is 2.90. The van der Waals surface area contributed by atoms with Crippen LogP contribution in [0.25, 0.3) is 0 Å². The molecular weight excluding hydrogens is 215 g/mol. The fourth-order valence-corrected chi connectivity index (χ4v) is 1.40. The van der Waals surface area contributed by atoms with Gasteiger partial charge in [-0.1, -0.05) is 12.1 Å². The number of hydrogen-bond donors (Lipinski definition) is 0. The fraction of sp³-hybridized carbons (Fsp3) is 0.0833. The predicted molar refractivity (Wildman–Crippen MR) is 53.4 cm³/mol. The van der Waals surface area contributed by atoms with Crippen LogP contribution in [-0.4, -0.2) is 4.98 Å². The molecule has 0 saturated heterocycles. The van der Waals surface area contributed by atoms with Crippen molar-refractivity contribution in [3.05, 3.63) is 65.2 Å². The van der Waals surface area contributed by atoms with Gasteiger partial charge in [0.15, 0.2) is 11.6 Å². The summed E-state index contributed by atoms with van der Waals surface area (Å²) in [6.07, 6.45) is 1.76. The molecule has 2 rings (SSSR count). The lowest BCUT2D eigenvalue weighted by Gasteiger charge is -2.02. The Morgan fingerprint density at radius 1 is 0.875 bits per heavy atom. The van der Waals surface area contributed by atoms with Gasteiger partial charge < -0.3 is 0 Å². The molecule has 0 saturated carbocycles. The molecule has 0 unspecified atom stereocenters. The van der Waals surface area contributed by atoms with Gasteiger partial charge in [0, 0.05) is 6.20 Å². The molecule has 0 fully saturated rings. The predicted octanol–water partition coefficient (Wildman–Crippen LogP) is 3.09. The zero-order valence-electron chi connectivity index (χ0n) is 8.25. The molecular formula is C12H8F3N. The normalized spacial score (nSPS) is 10.4. The van der Waals surface area contributed by atoms with Gasteiger partial charge in [-0.15, -0.1) is 0 Å². The maximum absolute atomic E-state index is 12.9. The zero-order valence-corrected chi connectivity index (χ0v) is 8.25. The quantitative estimate of drug-likeness (QED) is 0.713. The van der Waals surface area contributed by atoms with Crippen LogP contribution in [0.4, 0.5) is 13.2 Å². The summed E-state index contributed by atoms with van der Waals surface area (Å²) in [6.45, 7) is 0. The van der Waals surface area contributed by atoms with Crippen molar-refractivity contribution in [3.8, 4) is 0 Å². The standard InChI is InChI=1S/C12H8F3N/c13-10-3-1-8(6-11(10)14)5-9-2-4-12(15)16-7-9/h1-4,6-7H,5H2. The summed E-state index contributed by atoms with van der Waals surface area (Å²) in [5.41, 5.74) is 1.36. The average molecular weight is 223 g/mol. The van der Waals surface area contributed by atoms with Gasteiger partial charge >= 0.3 is 0 Å². The number of benzene rings is 1. The molecule has 0 aliphatic carbocycles. The highest BCUT2D eigenvalue weighted by atomic mass is 19.2. The van der Waals surface area contributed by atoms with E-state index in [1.165, 1.54) is 18.3 Å². The minimum atomic E-state index is -0.882. The Bertz CT molecular complexity index is 494. The van der Waals surface area contributed by atoms with Crippen LogP contribution in [0.2, 0.25) is 0 Å². The lowest BCUT2D eigenvalue weighted by Crippen LogP contribution is -1.93. The van der Waals surface area contributed by atoms with E-state index in [4.69, 9.17) is 0 Å². The summed E-state index contributed by atoms with van der Waals surface area (Å²) in [5.74, 6) is -2.32. The molecule has 0 N–H and O–H groups in total. The van der Waals surface area contributed by atoms with Crippen LogP contribution in [0.3, 0.4) is 0 Å². The number of pyridine rings is 1. The molecule has 16 heavy (non-hydrogen) atoms. The van der Waals surface area contributed by atoms with Gasteiger partial charge in [0.2, 0.25) is 5.95 Å². The van der Waals surface area contributed by atoms with Crippen LogP contribution in [0.1, 0.15) is 11.1 Å². The monoisotopic (exact) mass is 223 g/mol. The zero-order chi connectivity index (χ0) is 11.5. The Morgan fingerprint density at radius 2 is 1.62 bits per heavy atom. The summed E-state index contributed by atoms with van der Waals surface area (Å²) in [5, 5.41) is 0. The molecule has 1 heterocycles. The second-order valence-corrected chi connectivity index (χ2v) is 3.41. The van der Waals surface area contributed by atoms with E-state index in [-0.39, 0.29) is 0 Å². The van der Waals surface area contributed by atoms with Crippen molar-refractivity contribution >= 4 is 0 Å². The molecule has 82 valence electrons. The first-order valence-corrected chi connectivity index (χ1v) is 4.69. The second kappa shape index (κ2) is 4.35. The maximum Gasteiger partial charge on any atom is 0.212 e. The molecule has 1 aromatic carbocycles. The fourth-order valence-electron chi connectivity index (χ4n) is 1.40. The van der Waals surface area contributed by atoms with Crippen LogP contribution >= 0.6 is 0 Å². The van der Waals surface area contributed by atoms with Crippen LogP contribution in [0.15, 0.2) is 36.5 Å². The molecule has 0 atom stereocenters. The van der Waals surface area contributed by atoms with E-state index in [0.717, 1.165) is 17.7 Å². The van der Waals surface area contributed by atoms with Crippen molar-refractivity contribution < 1.29 is 13.2 Å². The third kappa shape index (κ3) is 2.39. The van der Waals surface area contributed by atoms with Gasteiger partial charge in [-0.25, -0.2) is 13.8 Å². The van der Waals surface area contributed by atoms with E-state index in [9.17, 15) is 13.2 Å². The summed E-state index contributed by atoms with van der Waals surface area (Å²) < 4.78 is 38.1. The van der Waals surface area contributed by atoms with Crippen molar-refractivity contribution in [1.29, 1.82) is 0 Å². The molecule has 1 nitrogen and oxygen atoms in total. The molecule has 0 spiro atoms. The van der Waals surface area contributed by atoms with E-state index in [0.29, 0.717) is 12.0 Å².